The zero-order valence-electron chi connectivity index (χ0n) is 18.4. The van der Waals surface area contributed by atoms with Gasteiger partial charge in [0.15, 0.2) is 6.61 Å². The quantitative estimate of drug-likeness (QED) is 0.328. The number of nitrogens with one attached hydrogen (secondary N) is 2. The molecule has 0 bridgehead atoms. The predicted molar refractivity (Wildman–Crippen MR) is 117 cm³/mol. The summed E-state index contributed by atoms with van der Waals surface area (Å²) < 4.78 is 5.04. The van der Waals surface area contributed by atoms with E-state index in [-0.39, 0.29) is 17.6 Å². The third kappa shape index (κ3) is 5.53. The first kappa shape index (κ1) is 23.9. The summed E-state index contributed by atoms with van der Waals surface area (Å²) in [5, 5.41) is 5.46. The summed E-state index contributed by atoms with van der Waals surface area (Å²) in [6.45, 7) is 3.06. The number of rotatable bonds is 9. The molecule has 32 heavy (non-hydrogen) atoms. The van der Waals surface area contributed by atoms with Gasteiger partial charge in [0.2, 0.25) is 11.7 Å². The second-order valence-corrected chi connectivity index (χ2v) is 9.51. The lowest BCUT2D eigenvalue weighted by Gasteiger charge is -2.34. The van der Waals surface area contributed by atoms with Crippen LogP contribution in [0, 0.1) is 5.92 Å². The van der Waals surface area contributed by atoms with Gasteiger partial charge in [-0.25, -0.2) is 4.79 Å². The van der Waals surface area contributed by atoms with Gasteiger partial charge < -0.3 is 15.4 Å². The number of thiophene rings is 1. The number of carbonyl (C=O) groups is 5. The summed E-state index contributed by atoms with van der Waals surface area (Å²) in [4.78, 5) is 62.9. The van der Waals surface area contributed by atoms with Crippen LogP contribution in [-0.4, -0.2) is 59.7 Å². The average Bonchev–Trinajstić information content (AvgIpc) is 3.32. The van der Waals surface area contributed by atoms with Crippen LogP contribution >= 0.6 is 11.3 Å². The molecule has 1 saturated carbocycles. The van der Waals surface area contributed by atoms with Crippen LogP contribution in [0.15, 0.2) is 12.1 Å². The van der Waals surface area contributed by atoms with E-state index in [0.29, 0.717) is 36.6 Å². The highest BCUT2D eigenvalue weighted by molar-refractivity contribution is 7.14. The molecule has 1 spiro atoms. The number of nitrogens with zero attached hydrogens (tertiary/aromatic N) is 1. The fourth-order valence-electron chi connectivity index (χ4n) is 4.15. The van der Waals surface area contributed by atoms with Gasteiger partial charge in [-0.1, -0.05) is 13.3 Å². The Bertz CT molecular complexity index is 903. The highest BCUT2D eigenvalue weighted by atomic mass is 32.1. The van der Waals surface area contributed by atoms with Crippen molar-refractivity contribution >= 4 is 40.9 Å². The van der Waals surface area contributed by atoms with Crippen LogP contribution in [0.25, 0.3) is 0 Å². The van der Waals surface area contributed by atoms with E-state index in [1.807, 2.05) is 0 Å². The van der Waals surface area contributed by atoms with Crippen molar-refractivity contribution in [2.45, 2.75) is 57.9 Å². The third-order valence-corrected chi connectivity index (χ3v) is 7.30. The van der Waals surface area contributed by atoms with Crippen molar-refractivity contribution in [3.63, 3.8) is 0 Å². The minimum atomic E-state index is -0.913. The van der Waals surface area contributed by atoms with Crippen molar-refractivity contribution in [1.29, 1.82) is 0 Å². The minimum absolute atomic E-state index is 0.116. The van der Waals surface area contributed by atoms with Crippen molar-refractivity contribution in [3.8, 4) is 0 Å². The summed E-state index contributed by atoms with van der Waals surface area (Å²) in [6.07, 6.45) is 4.52. The van der Waals surface area contributed by atoms with E-state index in [0.717, 1.165) is 29.0 Å². The maximum absolute atomic E-state index is 12.9. The summed E-state index contributed by atoms with van der Waals surface area (Å²) in [5.74, 6) is -1.11. The molecule has 2 N–H and O–H groups in total. The largest absolute Gasteiger partial charge is 0.456 e. The Balaban J connectivity index is 1.47. The number of ketones is 1. The summed E-state index contributed by atoms with van der Waals surface area (Å²) in [7, 11) is 0. The first-order valence-corrected chi connectivity index (χ1v) is 11.7. The number of amides is 4. The second kappa shape index (κ2) is 10.2. The first-order chi connectivity index (χ1) is 15.2. The Kier molecular flexibility index (Phi) is 7.65. The molecule has 1 saturated heterocycles. The Morgan fingerprint density at radius 1 is 1.25 bits per heavy atom. The first-order valence-electron chi connectivity index (χ1n) is 10.9. The number of esters is 1. The van der Waals surface area contributed by atoms with E-state index in [4.69, 9.17) is 4.74 Å². The molecule has 174 valence electrons. The van der Waals surface area contributed by atoms with Crippen LogP contribution in [0.5, 0.6) is 0 Å². The van der Waals surface area contributed by atoms with Gasteiger partial charge >= 0.3 is 12.0 Å². The summed E-state index contributed by atoms with van der Waals surface area (Å²) in [5.41, 5.74) is -0.913. The summed E-state index contributed by atoms with van der Waals surface area (Å²) >= 11 is 1.27. The van der Waals surface area contributed by atoms with Crippen LogP contribution in [0.1, 0.15) is 60.5 Å². The van der Waals surface area contributed by atoms with E-state index in [1.165, 1.54) is 18.3 Å². The van der Waals surface area contributed by atoms with Gasteiger partial charge in [0.1, 0.15) is 12.1 Å². The molecule has 1 aliphatic heterocycles. The molecule has 0 aromatic carbocycles. The molecular formula is C22H29N3O6S. The van der Waals surface area contributed by atoms with Crippen molar-refractivity contribution < 1.29 is 28.7 Å². The minimum Gasteiger partial charge on any atom is -0.456 e. The topological polar surface area (TPSA) is 122 Å². The van der Waals surface area contributed by atoms with Gasteiger partial charge in [0.25, 0.3) is 5.91 Å². The molecule has 2 fully saturated rings. The van der Waals surface area contributed by atoms with Gasteiger partial charge in [-0.05, 0) is 50.2 Å². The molecule has 10 heteroatoms. The molecule has 2 aliphatic rings. The Morgan fingerprint density at radius 3 is 2.62 bits per heavy atom. The fourth-order valence-corrected chi connectivity index (χ4v) is 5.08. The van der Waals surface area contributed by atoms with E-state index in [1.54, 1.807) is 12.1 Å². The fraction of sp³-hybridized carbons (Fsp3) is 0.591. The van der Waals surface area contributed by atoms with Gasteiger partial charge in [0.05, 0.1) is 4.88 Å². The van der Waals surface area contributed by atoms with E-state index in [9.17, 15) is 24.0 Å². The average molecular weight is 464 g/mol. The predicted octanol–water partition coefficient (Wildman–Crippen LogP) is 2.04. The number of hydrogen-bond acceptors (Lipinski definition) is 7. The molecule has 3 rings (SSSR count). The second-order valence-electron chi connectivity index (χ2n) is 8.34. The number of Topliss-reactive ketones (excluding diaryl/α,β-unsaturated/α-hetero) is 1. The Hall–Kier alpha value is -2.75. The van der Waals surface area contributed by atoms with Crippen LogP contribution < -0.4 is 10.6 Å². The molecule has 1 aromatic rings. The molecule has 0 atom stereocenters. The van der Waals surface area contributed by atoms with Crippen molar-refractivity contribution in [2.24, 2.45) is 5.92 Å². The number of carbonyl (C=O) groups excluding carboxylic acids is 5. The smallest absolute Gasteiger partial charge is 0.326 e. The zero-order valence-corrected chi connectivity index (χ0v) is 19.2. The lowest BCUT2D eigenvalue weighted by Crippen LogP contribution is -2.49. The highest BCUT2D eigenvalue weighted by Gasteiger charge is 2.52. The van der Waals surface area contributed by atoms with E-state index >= 15 is 0 Å². The van der Waals surface area contributed by atoms with Gasteiger partial charge in [0, 0.05) is 18.3 Å². The summed E-state index contributed by atoms with van der Waals surface area (Å²) in [6, 6.07) is 2.86. The van der Waals surface area contributed by atoms with Crippen LogP contribution in [0.2, 0.25) is 0 Å². The maximum Gasteiger partial charge on any atom is 0.326 e. The maximum atomic E-state index is 12.9. The Morgan fingerprint density at radius 2 is 1.97 bits per heavy atom. The molecule has 2 heterocycles. The Labute approximate surface area is 190 Å². The third-order valence-electron chi connectivity index (χ3n) is 6.12. The van der Waals surface area contributed by atoms with E-state index in [2.05, 4.69) is 17.6 Å². The monoisotopic (exact) mass is 463 g/mol. The van der Waals surface area contributed by atoms with Gasteiger partial charge in [-0.3, -0.25) is 24.1 Å². The van der Waals surface area contributed by atoms with Crippen LogP contribution in [0.4, 0.5) is 4.79 Å². The van der Waals surface area contributed by atoms with Crippen LogP contribution in [-0.2, 0) is 25.5 Å². The normalized spacial score (nSPS) is 22.7. The lowest BCUT2D eigenvalue weighted by molar-refractivity contribution is -0.147. The number of hydrogen-bond donors (Lipinski definition) is 2. The van der Waals surface area contributed by atoms with Crippen molar-refractivity contribution in [2.75, 3.05) is 19.7 Å². The molecule has 1 aliphatic carbocycles. The standard InChI is InChI=1S/C22H29N3O6S/c1-3-15-6-9-22(10-7-15)20(29)25(21(30)24-22)12-19(28)31-13-17(27)18-5-4-16(32-18)8-11-23-14(2)26/h4-5,15H,3,6-13H2,1-2H3,(H,23,26)(H,24,30). The molecular weight excluding hydrogens is 434 g/mol. The number of urea groups is 1. The van der Waals surface area contributed by atoms with Crippen molar-refractivity contribution in [3.05, 3.63) is 21.9 Å². The molecule has 9 nitrogen and oxygen atoms in total. The zero-order chi connectivity index (χ0) is 23.3. The molecule has 4 amide bonds. The SMILES string of the molecule is CCC1CCC2(CC1)NC(=O)N(CC(=O)OCC(=O)c1ccc(CCNC(C)=O)s1)C2=O. The number of ether oxygens (including phenoxy) is 1. The molecule has 1 aromatic heterocycles. The number of imide groups is 1. The molecule has 0 unspecified atom stereocenters. The van der Waals surface area contributed by atoms with Gasteiger partial charge in [-0.2, -0.15) is 0 Å². The highest BCUT2D eigenvalue weighted by Crippen LogP contribution is 2.37. The van der Waals surface area contributed by atoms with Crippen molar-refractivity contribution in [1.82, 2.24) is 15.5 Å². The van der Waals surface area contributed by atoms with Gasteiger partial charge in [-0.15, -0.1) is 11.3 Å². The van der Waals surface area contributed by atoms with Crippen LogP contribution in [0.3, 0.4) is 0 Å². The lowest BCUT2D eigenvalue weighted by atomic mass is 9.75. The molecule has 0 radical (unpaired) electrons. The van der Waals surface area contributed by atoms with E-state index < -0.39 is 30.7 Å².